The van der Waals surface area contributed by atoms with E-state index in [4.69, 9.17) is 0 Å². The number of thioether (sulfide) groups is 1. The second-order valence-corrected chi connectivity index (χ2v) is 6.00. The molecular weight excluding hydrogens is 292 g/mol. The van der Waals surface area contributed by atoms with Crippen molar-refractivity contribution in [1.29, 1.82) is 0 Å². The number of aromatic nitrogens is 2. The number of carbonyl (C=O) groups is 1. The molecule has 0 aliphatic heterocycles. The number of carboxylic acid groups (broad SMARTS) is 1. The van der Waals surface area contributed by atoms with Crippen LogP contribution in [0.2, 0.25) is 0 Å². The van der Waals surface area contributed by atoms with Crippen LogP contribution in [0.1, 0.15) is 4.88 Å². The third-order valence-corrected chi connectivity index (χ3v) is 4.32. The van der Waals surface area contributed by atoms with Crippen LogP contribution in [0.5, 0.6) is 0 Å². The van der Waals surface area contributed by atoms with Crippen LogP contribution in [-0.2, 0) is 4.79 Å². The fourth-order valence-electron chi connectivity index (χ4n) is 1.72. The highest BCUT2D eigenvalue weighted by Crippen LogP contribution is 2.28. The highest BCUT2D eigenvalue weighted by atomic mass is 32.2. The van der Waals surface area contributed by atoms with E-state index in [0.717, 1.165) is 27.7 Å². The number of thiophene rings is 1. The number of rotatable bonds is 4. The van der Waals surface area contributed by atoms with Crippen molar-refractivity contribution in [2.45, 2.75) is 5.16 Å². The fraction of sp³-hybridized carbons (Fsp3) is 0. The molecule has 0 spiro atoms. The number of hydrogen-bond donors (Lipinski definition) is 2. The lowest BCUT2D eigenvalue weighted by Gasteiger charge is -1.98. The number of imidazole rings is 1. The molecule has 0 saturated carbocycles. The first-order valence-corrected chi connectivity index (χ1v) is 7.53. The zero-order chi connectivity index (χ0) is 13.9. The van der Waals surface area contributed by atoms with Crippen molar-refractivity contribution < 1.29 is 9.90 Å². The van der Waals surface area contributed by atoms with E-state index in [1.54, 1.807) is 6.08 Å². The van der Waals surface area contributed by atoms with Gasteiger partial charge >= 0.3 is 5.97 Å². The molecule has 0 radical (unpaired) electrons. The third kappa shape index (κ3) is 2.76. The van der Waals surface area contributed by atoms with Gasteiger partial charge in [0, 0.05) is 4.88 Å². The number of nitrogens with zero attached hydrogens (tertiary/aromatic N) is 1. The number of para-hydroxylation sites is 2. The lowest BCUT2D eigenvalue weighted by molar-refractivity contribution is -0.131. The molecule has 0 fully saturated rings. The van der Waals surface area contributed by atoms with E-state index in [-0.39, 0.29) is 4.91 Å². The molecule has 0 aliphatic rings. The number of hydrogen-bond acceptors (Lipinski definition) is 4. The summed E-state index contributed by atoms with van der Waals surface area (Å²) >= 11 is 2.62. The van der Waals surface area contributed by atoms with Gasteiger partial charge in [-0.3, -0.25) is 0 Å². The van der Waals surface area contributed by atoms with Gasteiger partial charge in [-0.25, -0.2) is 9.78 Å². The van der Waals surface area contributed by atoms with Crippen LogP contribution in [0, 0.1) is 0 Å². The summed E-state index contributed by atoms with van der Waals surface area (Å²) in [6.07, 6.45) is 1.66. The summed E-state index contributed by atoms with van der Waals surface area (Å²) in [4.78, 5) is 20.0. The van der Waals surface area contributed by atoms with Crippen LogP contribution in [0.25, 0.3) is 17.1 Å². The lowest BCUT2D eigenvalue weighted by atomic mass is 10.3. The van der Waals surface area contributed by atoms with Crippen LogP contribution in [0.3, 0.4) is 0 Å². The van der Waals surface area contributed by atoms with E-state index in [1.807, 2.05) is 41.8 Å². The summed E-state index contributed by atoms with van der Waals surface area (Å²) in [5.41, 5.74) is 1.73. The van der Waals surface area contributed by atoms with Gasteiger partial charge in [-0.05, 0) is 41.4 Å². The summed E-state index contributed by atoms with van der Waals surface area (Å²) in [7, 11) is 0. The van der Waals surface area contributed by atoms with Crippen molar-refractivity contribution >= 4 is 46.2 Å². The summed E-state index contributed by atoms with van der Waals surface area (Å²) < 4.78 is 0. The molecule has 1 aromatic carbocycles. The van der Waals surface area contributed by atoms with Crippen molar-refractivity contribution in [3.05, 3.63) is 51.6 Å². The first kappa shape index (κ1) is 13.0. The second-order valence-electron chi connectivity index (χ2n) is 3.99. The molecule has 2 heterocycles. The van der Waals surface area contributed by atoms with Gasteiger partial charge in [0.2, 0.25) is 0 Å². The first-order valence-electron chi connectivity index (χ1n) is 5.83. The summed E-state index contributed by atoms with van der Waals surface area (Å²) in [5, 5.41) is 11.8. The van der Waals surface area contributed by atoms with Gasteiger partial charge in [0.25, 0.3) is 0 Å². The van der Waals surface area contributed by atoms with Gasteiger partial charge in [-0.1, -0.05) is 18.2 Å². The number of aromatic amines is 1. The maximum absolute atomic E-state index is 11.3. The molecule has 0 atom stereocenters. The average Bonchev–Trinajstić information content (AvgIpc) is 3.05. The van der Waals surface area contributed by atoms with E-state index in [0.29, 0.717) is 5.16 Å². The molecule has 2 N–H and O–H groups in total. The maximum Gasteiger partial charge on any atom is 0.342 e. The van der Waals surface area contributed by atoms with Gasteiger partial charge in [-0.15, -0.1) is 11.3 Å². The third-order valence-electron chi connectivity index (χ3n) is 2.60. The van der Waals surface area contributed by atoms with E-state index in [2.05, 4.69) is 9.97 Å². The number of H-pyrrole nitrogens is 1. The van der Waals surface area contributed by atoms with E-state index in [1.165, 1.54) is 11.3 Å². The van der Waals surface area contributed by atoms with Gasteiger partial charge in [0.05, 0.1) is 11.0 Å². The minimum Gasteiger partial charge on any atom is -0.477 e. The Kier molecular flexibility index (Phi) is 3.58. The van der Waals surface area contributed by atoms with Gasteiger partial charge in [-0.2, -0.15) is 0 Å². The molecule has 0 aliphatic carbocycles. The van der Waals surface area contributed by atoms with Crippen molar-refractivity contribution in [2.75, 3.05) is 0 Å². The Morgan fingerprint density at radius 3 is 2.85 bits per heavy atom. The van der Waals surface area contributed by atoms with Gasteiger partial charge in [0.15, 0.2) is 5.16 Å². The molecule has 4 nitrogen and oxygen atoms in total. The minimum absolute atomic E-state index is 0.242. The lowest BCUT2D eigenvalue weighted by Crippen LogP contribution is -1.96. The number of aliphatic carboxylic acids is 1. The second kappa shape index (κ2) is 5.52. The van der Waals surface area contributed by atoms with Crippen LogP contribution < -0.4 is 0 Å². The molecule has 100 valence electrons. The highest BCUT2D eigenvalue weighted by molar-refractivity contribution is 8.04. The number of carboxylic acids is 1. The molecule has 0 amide bonds. The van der Waals surface area contributed by atoms with Crippen molar-refractivity contribution in [3.63, 3.8) is 0 Å². The summed E-state index contributed by atoms with van der Waals surface area (Å²) in [6, 6.07) is 11.4. The molecule has 3 rings (SSSR count). The van der Waals surface area contributed by atoms with E-state index in [9.17, 15) is 9.90 Å². The van der Waals surface area contributed by atoms with E-state index >= 15 is 0 Å². The number of nitrogens with one attached hydrogen (secondary N) is 1. The Labute approximate surface area is 123 Å². The first-order chi connectivity index (χ1) is 9.72. The normalized spacial score (nSPS) is 11.9. The smallest absolute Gasteiger partial charge is 0.342 e. The molecule has 20 heavy (non-hydrogen) atoms. The Morgan fingerprint density at radius 2 is 2.15 bits per heavy atom. The predicted octanol–water partition coefficient (Wildman–Crippen LogP) is 3.84. The highest BCUT2D eigenvalue weighted by Gasteiger charge is 2.13. The summed E-state index contributed by atoms with van der Waals surface area (Å²) in [5.74, 6) is -0.955. The zero-order valence-electron chi connectivity index (χ0n) is 10.2. The van der Waals surface area contributed by atoms with Crippen molar-refractivity contribution in [2.24, 2.45) is 0 Å². The van der Waals surface area contributed by atoms with Crippen LogP contribution in [0.15, 0.2) is 51.8 Å². The standard InChI is InChI=1S/C14H10N2O2S2/c17-13(18)12(8-9-4-3-7-19-9)20-14-15-10-5-1-2-6-11(10)16-14/h1-8H,(H,15,16)(H,17,18)/b12-8-. The molecule has 3 aromatic rings. The van der Waals surface area contributed by atoms with Crippen LogP contribution in [0.4, 0.5) is 0 Å². The monoisotopic (exact) mass is 302 g/mol. The zero-order valence-corrected chi connectivity index (χ0v) is 11.9. The van der Waals surface area contributed by atoms with Gasteiger partial charge < -0.3 is 10.1 Å². The van der Waals surface area contributed by atoms with E-state index < -0.39 is 5.97 Å². The minimum atomic E-state index is -0.955. The Morgan fingerprint density at radius 1 is 1.30 bits per heavy atom. The van der Waals surface area contributed by atoms with Crippen LogP contribution in [-0.4, -0.2) is 21.0 Å². The topological polar surface area (TPSA) is 66.0 Å². The van der Waals surface area contributed by atoms with Crippen molar-refractivity contribution in [1.82, 2.24) is 9.97 Å². The number of fused-ring (bicyclic) bond motifs is 1. The molecule has 2 aromatic heterocycles. The summed E-state index contributed by atoms with van der Waals surface area (Å²) in [6.45, 7) is 0. The fourth-order valence-corrected chi connectivity index (χ4v) is 3.24. The molecule has 0 unspecified atom stereocenters. The van der Waals surface area contributed by atoms with Crippen molar-refractivity contribution in [3.8, 4) is 0 Å². The molecule has 0 saturated heterocycles. The predicted molar refractivity (Wildman–Crippen MR) is 81.9 cm³/mol. The molecule has 0 bridgehead atoms. The Hall–Kier alpha value is -2.05. The van der Waals surface area contributed by atoms with Crippen LogP contribution >= 0.6 is 23.1 Å². The molecular formula is C14H10N2O2S2. The molecule has 6 heteroatoms. The van der Waals surface area contributed by atoms with Gasteiger partial charge in [0.1, 0.15) is 4.91 Å². The average molecular weight is 302 g/mol. The Balaban J connectivity index is 1.92. The SMILES string of the molecule is O=C(O)/C(=C/c1cccs1)Sc1nc2ccccc2[nH]1. The quantitative estimate of drug-likeness (QED) is 0.567. The maximum atomic E-state index is 11.3. The Bertz CT molecular complexity index is 742. The number of benzene rings is 1. The largest absolute Gasteiger partial charge is 0.477 e.